The average molecular weight is 308 g/mol. The summed E-state index contributed by atoms with van der Waals surface area (Å²) in [5.41, 5.74) is 2.62. The van der Waals surface area contributed by atoms with Crippen molar-refractivity contribution in [3.63, 3.8) is 0 Å². The Morgan fingerprint density at radius 1 is 1.04 bits per heavy atom. The van der Waals surface area contributed by atoms with Crippen molar-refractivity contribution < 1.29 is 14.3 Å². The molecule has 0 N–H and O–H groups in total. The number of carbonyl (C=O) groups excluding carboxylic acids is 1. The molecule has 0 spiro atoms. The monoisotopic (exact) mass is 308 g/mol. The number of benzene rings is 2. The van der Waals surface area contributed by atoms with Crippen LogP contribution in [0.3, 0.4) is 0 Å². The summed E-state index contributed by atoms with van der Waals surface area (Å²) in [6.45, 7) is 0. The maximum Gasteiger partial charge on any atom is 0.341 e. The van der Waals surface area contributed by atoms with Crippen LogP contribution >= 0.6 is 0 Å². The van der Waals surface area contributed by atoms with Crippen LogP contribution in [0.25, 0.3) is 16.9 Å². The quantitative estimate of drug-likeness (QED) is 0.694. The molecule has 0 aliphatic carbocycles. The highest BCUT2D eigenvalue weighted by Crippen LogP contribution is 2.27. The smallest absolute Gasteiger partial charge is 0.341 e. The normalized spacial score (nSPS) is 10.3. The van der Waals surface area contributed by atoms with Gasteiger partial charge in [0.15, 0.2) is 0 Å². The number of rotatable bonds is 4. The number of aromatic nitrogens is 2. The molecule has 1 heterocycles. The maximum absolute atomic E-state index is 12.1. The van der Waals surface area contributed by atoms with Crippen molar-refractivity contribution in [1.29, 1.82) is 0 Å². The van der Waals surface area contributed by atoms with Gasteiger partial charge in [-0.15, -0.1) is 0 Å². The zero-order valence-corrected chi connectivity index (χ0v) is 12.9. The zero-order valence-electron chi connectivity index (χ0n) is 12.9. The molecule has 0 saturated carbocycles. The summed E-state index contributed by atoms with van der Waals surface area (Å²) in [5.74, 6) is 0.276. The van der Waals surface area contributed by atoms with Crippen LogP contribution in [-0.4, -0.2) is 30.0 Å². The molecular weight excluding hydrogens is 292 g/mol. The highest BCUT2D eigenvalue weighted by Gasteiger charge is 2.19. The van der Waals surface area contributed by atoms with Gasteiger partial charge < -0.3 is 9.47 Å². The van der Waals surface area contributed by atoms with Crippen molar-refractivity contribution in [3.05, 3.63) is 66.4 Å². The lowest BCUT2D eigenvalue weighted by Gasteiger charge is -2.04. The third-order valence-corrected chi connectivity index (χ3v) is 3.48. The number of para-hydroxylation sites is 1. The first-order valence-corrected chi connectivity index (χ1v) is 7.11. The topological polar surface area (TPSA) is 53.4 Å². The van der Waals surface area contributed by atoms with E-state index < -0.39 is 5.97 Å². The minimum atomic E-state index is -0.426. The first kappa shape index (κ1) is 14.8. The van der Waals surface area contributed by atoms with Crippen LogP contribution in [0.4, 0.5) is 0 Å². The molecule has 2 aromatic carbocycles. The Bertz CT molecular complexity index is 825. The van der Waals surface area contributed by atoms with E-state index in [1.807, 2.05) is 54.6 Å². The van der Waals surface area contributed by atoms with Gasteiger partial charge in [-0.1, -0.05) is 30.3 Å². The van der Waals surface area contributed by atoms with E-state index in [0.29, 0.717) is 17.0 Å². The third-order valence-electron chi connectivity index (χ3n) is 3.48. The number of hydrogen-bond donors (Lipinski definition) is 0. The van der Waals surface area contributed by atoms with Gasteiger partial charge in [-0.2, -0.15) is 5.10 Å². The highest BCUT2D eigenvalue weighted by molar-refractivity contribution is 5.96. The average Bonchev–Trinajstić information content (AvgIpc) is 3.07. The van der Waals surface area contributed by atoms with E-state index in [4.69, 9.17) is 9.47 Å². The Labute approximate surface area is 134 Å². The Morgan fingerprint density at radius 2 is 1.83 bits per heavy atom. The number of methoxy groups -OCH3 is 2. The van der Waals surface area contributed by atoms with E-state index in [-0.39, 0.29) is 0 Å². The fraction of sp³-hybridized carbons (Fsp3) is 0.111. The highest BCUT2D eigenvalue weighted by atomic mass is 16.5. The molecule has 3 rings (SSSR count). The van der Waals surface area contributed by atoms with Gasteiger partial charge in [-0.3, -0.25) is 0 Å². The summed E-state index contributed by atoms with van der Waals surface area (Å²) in [6.07, 6.45) is 1.68. The SMILES string of the molecule is COC(=O)c1cn(-c2ccccc2)nc1-c1cccc(OC)c1. The van der Waals surface area contributed by atoms with Crippen molar-refractivity contribution in [2.24, 2.45) is 0 Å². The van der Waals surface area contributed by atoms with Crippen LogP contribution in [0, 0.1) is 0 Å². The van der Waals surface area contributed by atoms with Gasteiger partial charge in [0, 0.05) is 11.8 Å². The van der Waals surface area contributed by atoms with Crippen LogP contribution < -0.4 is 4.74 Å². The third kappa shape index (κ3) is 2.94. The lowest BCUT2D eigenvalue weighted by molar-refractivity contribution is 0.0601. The molecule has 0 radical (unpaired) electrons. The molecule has 0 fully saturated rings. The summed E-state index contributed by atoms with van der Waals surface area (Å²) >= 11 is 0. The summed E-state index contributed by atoms with van der Waals surface area (Å²) in [4.78, 5) is 12.1. The summed E-state index contributed by atoms with van der Waals surface area (Å²) in [6, 6.07) is 17.0. The van der Waals surface area contributed by atoms with Gasteiger partial charge in [-0.25, -0.2) is 9.48 Å². The molecule has 0 aliphatic heterocycles. The van der Waals surface area contributed by atoms with Gasteiger partial charge in [0.1, 0.15) is 17.0 Å². The largest absolute Gasteiger partial charge is 0.497 e. The molecule has 5 nitrogen and oxygen atoms in total. The Hall–Kier alpha value is -3.08. The van der Waals surface area contributed by atoms with Crippen LogP contribution in [0.1, 0.15) is 10.4 Å². The minimum absolute atomic E-state index is 0.407. The van der Waals surface area contributed by atoms with Gasteiger partial charge in [0.25, 0.3) is 0 Å². The molecule has 116 valence electrons. The second kappa shape index (κ2) is 6.36. The minimum Gasteiger partial charge on any atom is -0.497 e. The predicted molar refractivity (Wildman–Crippen MR) is 86.9 cm³/mol. The fourth-order valence-corrected chi connectivity index (χ4v) is 2.33. The number of carbonyl (C=O) groups is 1. The van der Waals surface area contributed by atoms with Gasteiger partial charge in [0.2, 0.25) is 0 Å². The Morgan fingerprint density at radius 3 is 2.52 bits per heavy atom. The number of ether oxygens (including phenoxy) is 2. The fourth-order valence-electron chi connectivity index (χ4n) is 2.33. The van der Waals surface area contributed by atoms with E-state index in [1.54, 1.807) is 18.0 Å². The first-order chi connectivity index (χ1) is 11.2. The molecule has 1 aromatic heterocycles. The van der Waals surface area contributed by atoms with E-state index in [1.165, 1.54) is 7.11 Å². The zero-order chi connectivity index (χ0) is 16.2. The molecule has 0 bridgehead atoms. The van der Waals surface area contributed by atoms with E-state index >= 15 is 0 Å². The lowest BCUT2D eigenvalue weighted by atomic mass is 10.1. The number of esters is 1. The van der Waals surface area contributed by atoms with Crippen molar-refractivity contribution in [2.45, 2.75) is 0 Å². The molecule has 3 aromatic rings. The van der Waals surface area contributed by atoms with Gasteiger partial charge >= 0.3 is 5.97 Å². The summed E-state index contributed by atoms with van der Waals surface area (Å²) in [5, 5.41) is 4.56. The summed E-state index contributed by atoms with van der Waals surface area (Å²) in [7, 11) is 2.96. The molecule has 0 aliphatic rings. The molecule has 0 saturated heterocycles. The number of hydrogen-bond acceptors (Lipinski definition) is 4. The van der Waals surface area contributed by atoms with Crippen LogP contribution in [0.5, 0.6) is 5.75 Å². The van der Waals surface area contributed by atoms with Gasteiger partial charge in [-0.05, 0) is 24.3 Å². The number of nitrogens with zero attached hydrogens (tertiary/aromatic N) is 2. The molecular formula is C18H16N2O3. The molecule has 5 heteroatoms. The maximum atomic E-state index is 12.1. The van der Waals surface area contributed by atoms with Crippen molar-refractivity contribution in [3.8, 4) is 22.7 Å². The van der Waals surface area contributed by atoms with Crippen molar-refractivity contribution >= 4 is 5.97 Å². The molecule has 0 unspecified atom stereocenters. The Kier molecular flexibility index (Phi) is 4.10. The van der Waals surface area contributed by atoms with Crippen LogP contribution in [0.15, 0.2) is 60.8 Å². The standard InChI is InChI=1S/C18H16N2O3/c1-22-15-10-6-7-13(11-15)17-16(18(21)23-2)12-20(19-17)14-8-4-3-5-9-14/h3-12H,1-2H3. The van der Waals surface area contributed by atoms with Crippen molar-refractivity contribution in [1.82, 2.24) is 9.78 Å². The predicted octanol–water partition coefficient (Wildman–Crippen LogP) is 3.33. The second-order valence-corrected chi connectivity index (χ2v) is 4.90. The Balaban J connectivity index is 2.14. The van der Waals surface area contributed by atoms with Crippen LogP contribution in [-0.2, 0) is 4.74 Å². The molecule has 23 heavy (non-hydrogen) atoms. The molecule has 0 atom stereocenters. The van der Waals surface area contributed by atoms with E-state index in [2.05, 4.69) is 5.10 Å². The first-order valence-electron chi connectivity index (χ1n) is 7.11. The van der Waals surface area contributed by atoms with Gasteiger partial charge in [0.05, 0.1) is 19.9 Å². The van der Waals surface area contributed by atoms with Crippen molar-refractivity contribution in [2.75, 3.05) is 14.2 Å². The lowest BCUT2D eigenvalue weighted by Crippen LogP contribution is -2.01. The van der Waals surface area contributed by atoms with E-state index in [9.17, 15) is 4.79 Å². The second-order valence-electron chi connectivity index (χ2n) is 4.90. The molecule has 0 amide bonds. The van der Waals surface area contributed by atoms with E-state index in [0.717, 1.165) is 11.3 Å². The summed E-state index contributed by atoms with van der Waals surface area (Å²) < 4.78 is 11.8. The van der Waals surface area contributed by atoms with Crippen LogP contribution in [0.2, 0.25) is 0 Å².